The second-order valence-electron chi connectivity index (χ2n) is 2.97. The molecule has 1 aromatic carbocycles. The number of hydrogen-bond acceptors (Lipinski definition) is 3. The van der Waals surface area contributed by atoms with Crippen molar-refractivity contribution in [2.45, 2.75) is 6.92 Å². The molecule has 0 radical (unpaired) electrons. The molecule has 0 aromatic heterocycles. The molecular weight excluding hydrogens is 190 g/mol. The van der Waals surface area contributed by atoms with E-state index in [0.717, 1.165) is 5.56 Å². The Morgan fingerprint density at radius 1 is 1.47 bits per heavy atom. The number of benzene rings is 1. The largest absolute Gasteiger partial charge is 0.460 e. The van der Waals surface area contributed by atoms with E-state index in [0.29, 0.717) is 5.57 Å². The summed E-state index contributed by atoms with van der Waals surface area (Å²) in [6.07, 6.45) is 1.70. The SMILES string of the molecule is CC(=O)OC/C(C#N)=C/c1ccccc1. The van der Waals surface area contributed by atoms with Crippen LogP contribution in [0.3, 0.4) is 0 Å². The lowest BCUT2D eigenvalue weighted by Crippen LogP contribution is -2.01. The van der Waals surface area contributed by atoms with E-state index in [1.165, 1.54) is 6.92 Å². The summed E-state index contributed by atoms with van der Waals surface area (Å²) in [6.45, 7) is 1.35. The van der Waals surface area contributed by atoms with Gasteiger partial charge in [-0.15, -0.1) is 0 Å². The molecule has 0 fully saturated rings. The number of carbonyl (C=O) groups is 1. The van der Waals surface area contributed by atoms with E-state index in [1.54, 1.807) is 6.08 Å². The van der Waals surface area contributed by atoms with E-state index in [1.807, 2.05) is 36.4 Å². The van der Waals surface area contributed by atoms with Crippen LogP contribution in [-0.2, 0) is 9.53 Å². The molecule has 1 aromatic rings. The van der Waals surface area contributed by atoms with Crippen molar-refractivity contribution >= 4 is 12.0 Å². The maximum Gasteiger partial charge on any atom is 0.302 e. The van der Waals surface area contributed by atoms with Crippen molar-refractivity contribution in [2.24, 2.45) is 0 Å². The van der Waals surface area contributed by atoms with E-state index in [9.17, 15) is 4.79 Å². The van der Waals surface area contributed by atoms with Crippen molar-refractivity contribution < 1.29 is 9.53 Å². The Morgan fingerprint density at radius 3 is 2.67 bits per heavy atom. The molecular formula is C12H11NO2. The van der Waals surface area contributed by atoms with Crippen LogP contribution < -0.4 is 0 Å². The van der Waals surface area contributed by atoms with Crippen molar-refractivity contribution in [3.05, 3.63) is 41.5 Å². The molecule has 0 spiro atoms. The number of nitriles is 1. The van der Waals surface area contributed by atoms with Crippen LogP contribution in [0.25, 0.3) is 6.08 Å². The molecule has 0 aliphatic carbocycles. The molecule has 0 aliphatic rings. The van der Waals surface area contributed by atoms with Crippen LogP contribution in [0.2, 0.25) is 0 Å². The van der Waals surface area contributed by atoms with Crippen LogP contribution >= 0.6 is 0 Å². The van der Waals surface area contributed by atoms with Crippen LogP contribution in [0.1, 0.15) is 12.5 Å². The zero-order valence-electron chi connectivity index (χ0n) is 8.43. The standard InChI is InChI=1S/C12H11NO2/c1-10(14)15-9-12(8-13)7-11-5-3-2-4-6-11/h2-7H,9H2,1H3/b12-7+. The van der Waals surface area contributed by atoms with Crippen LogP contribution in [0.4, 0.5) is 0 Å². The Kier molecular flexibility index (Phi) is 4.11. The van der Waals surface area contributed by atoms with E-state index >= 15 is 0 Å². The van der Waals surface area contributed by atoms with E-state index in [2.05, 4.69) is 0 Å². The average molecular weight is 201 g/mol. The molecule has 3 nitrogen and oxygen atoms in total. The normalized spacial score (nSPS) is 10.5. The molecule has 0 saturated heterocycles. The minimum atomic E-state index is -0.385. The zero-order valence-corrected chi connectivity index (χ0v) is 8.43. The first kappa shape index (κ1) is 11.0. The number of nitrogens with zero attached hydrogens (tertiary/aromatic N) is 1. The number of hydrogen-bond donors (Lipinski definition) is 0. The lowest BCUT2D eigenvalue weighted by Gasteiger charge is -1.99. The summed E-state index contributed by atoms with van der Waals surface area (Å²) in [6, 6.07) is 11.4. The van der Waals surface area contributed by atoms with Crippen molar-refractivity contribution in [1.29, 1.82) is 5.26 Å². The second-order valence-corrected chi connectivity index (χ2v) is 2.97. The number of esters is 1. The van der Waals surface area contributed by atoms with Gasteiger partial charge in [-0.2, -0.15) is 5.26 Å². The van der Waals surface area contributed by atoms with Gasteiger partial charge in [0.2, 0.25) is 0 Å². The molecule has 1 rings (SSSR count). The Bertz CT molecular complexity index is 401. The highest BCUT2D eigenvalue weighted by Crippen LogP contribution is 2.06. The number of carbonyl (C=O) groups excluding carboxylic acids is 1. The van der Waals surface area contributed by atoms with Gasteiger partial charge >= 0.3 is 5.97 Å². The Hall–Kier alpha value is -2.08. The summed E-state index contributed by atoms with van der Waals surface area (Å²) in [4.78, 5) is 10.6. The maximum atomic E-state index is 10.6. The van der Waals surface area contributed by atoms with Gasteiger partial charge < -0.3 is 4.74 Å². The smallest absolute Gasteiger partial charge is 0.302 e. The van der Waals surface area contributed by atoms with Gasteiger partial charge in [-0.25, -0.2) is 0 Å². The van der Waals surface area contributed by atoms with Crippen LogP contribution in [0.5, 0.6) is 0 Å². The third kappa shape index (κ3) is 4.10. The summed E-state index contributed by atoms with van der Waals surface area (Å²) >= 11 is 0. The number of ether oxygens (including phenoxy) is 1. The highest BCUT2D eigenvalue weighted by atomic mass is 16.5. The van der Waals surface area contributed by atoms with Gasteiger partial charge in [-0.1, -0.05) is 30.3 Å². The lowest BCUT2D eigenvalue weighted by atomic mass is 10.1. The van der Waals surface area contributed by atoms with E-state index < -0.39 is 0 Å². The van der Waals surface area contributed by atoms with Gasteiger partial charge in [-0.3, -0.25) is 4.79 Å². The first-order valence-electron chi connectivity index (χ1n) is 4.51. The molecule has 0 aliphatic heterocycles. The van der Waals surface area contributed by atoms with Crippen molar-refractivity contribution in [1.82, 2.24) is 0 Å². The molecule has 0 bridgehead atoms. The molecule has 0 atom stereocenters. The fourth-order valence-corrected chi connectivity index (χ4v) is 1.04. The molecule has 0 saturated carbocycles. The fraction of sp³-hybridized carbons (Fsp3) is 0.167. The Balaban J connectivity index is 2.71. The van der Waals surface area contributed by atoms with Crippen molar-refractivity contribution in [3.63, 3.8) is 0 Å². The van der Waals surface area contributed by atoms with E-state index in [-0.39, 0.29) is 12.6 Å². The van der Waals surface area contributed by atoms with Crippen LogP contribution in [0, 0.1) is 11.3 Å². The third-order valence-corrected chi connectivity index (χ3v) is 1.72. The van der Waals surface area contributed by atoms with Gasteiger partial charge in [0.1, 0.15) is 6.61 Å². The molecule has 0 amide bonds. The third-order valence-electron chi connectivity index (χ3n) is 1.72. The molecule has 0 unspecified atom stereocenters. The van der Waals surface area contributed by atoms with Gasteiger partial charge in [0, 0.05) is 6.92 Å². The van der Waals surface area contributed by atoms with Crippen molar-refractivity contribution in [3.8, 4) is 6.07 Å². The first-order valence-corrected chi connectivity index (χ1v) is 4.51. The first-order chi connectivity index (χ1) is 7.22. The second kappa shape index (κ2) is 5.61. The molecule has 3 heteroatoms. The summed E-state index contributed by atoms with van der Waals surface area (Å²) < 4.78 is 4.74. The summed E-state index contributed by atoms with van der Waals surface area (Å²) in [5.74, 6) is -0.385. The summed E-state index contributed by atoms with van der Waals surface area (Å²) in [5.41, 5.74) is 1.35. The van der Waals surface area contributed by atoms with Gasteiger partial charge in [-0.05, 0) is 11.6 Å². The van der Waals surface area contributed by atoms with Gasteiger partial charge in [0.15, 0.2) is 0 Å². The predicted molar refractivity (Wildman–Crippen MR) is 56.7 cm³/mol. The average Bonchev–Trinajstić information content (AvgIpc) is 2.25. The lowest BCUT2D eigenvalue weighted by molar-refractivity contribution is -0.139. The maximum absolute atomic E-state index is 10.6. The van der Waals surface area contributed by atoms with Gasteiger partial charge in [0.05, 0.1) is 11.6 Å². The molecule has 0 N–H and O–H groups in total. The molecule has 76 valence electrons. The molecule has 0 heterocycles. The van der Waals surface area contributed by atoms with Crippen LogP contribution in [0.15, 0.2) is 35.9 Å². The monoisotopic (exact) mass is 201 g/mol. The van der Waals surface area contributed by atoms with Crippen LogP contribution in [-0.4, -0.2) is 12.6 Å². The topological polar surface area (TPSA) is 50.1 Å². The Labute approximate surface area is 88.6 Å². The molecule has 15 heavy (non-hydrogen) atoms. The highest BCUT2D eigenvalue weighted by Gasteiger charge is 1.99. The quantitative estimate of drug-likeness (QED) is 0.556. The predicted octanol–water partition coefficient (Wildman–Crippen LogP) is 2.16. The minimum absolute atomic E-state index is 0.0285. The fourth-order valence-electron chi connectivity index (χ4n) is 1.04. The van der Waals surface area contributed by atoms with Crippen molar-refractivity contribution in [2.75, 3.05) is 6.61 Å². The van der Waals surface area contributed by atoms with Gasteiger partial charge in [0.25, 0.3) is 0 Å². The zero-order chi connectivity index (χ0) is 11.1. The number of rotatable bonds is 3. The van der Waals surface area contributed by atoms with E-state index in [4.69, 9.17) is 10.00 Å². The highest BCUT2D eigenvalue weighted by molar-refractivity contribution is 5.67. The summed E-state index contributed by atoms with van der Waals surface area (Å²) in [7, 11) is 0. The summed E-state index contributed by atoms with van der Waals surface area (Å²) in [5, 5.41) is 8.79. The minimum Gasteiger partial charge on any atom is -0.460 e. The Morgan fingerprint density at radius 2 is 2.13 bits per heavy atom.